The second-order valence-electron chi connectivity index (χ2n) is 7.53. The van der Waals surface area contributed by atoms with Crippen LogP contribution >= 0.6 is 0 Å². The standard InChI is InChI=1S/C18H36N4O/c1-5-19-17(21-16-8-6-15(2)7-9-16)20-14-18(22(3)4)10-12-23-13-11-18/h15-16H,5-14H2,1-4H3,(H2,19,20,21). The summed E-state index contributed by atoms with van der Waals surface area (Å²) >= 11 is 0. The van der Waals surface area contributed by atoms with E-state index in [0.29, 0.717) is 6.04 Å². The predicted octanol–water partition coefficient (Wildman–Crippen LogP) is 2.23. The van der Waals surface area contributed by atoms with Gasteiger partial charge in [-0.1, -0.05) is 6.92 Å². The third-order valence-corrected chi connectivity index (χ3v) is 5.60. The van der Waals surface area contributed by atoms with Crippen LogP contribution in [-0.2, 0) is 4.74 Å². The number of nitrogens with one attached hydrogen (secondary N) is 2. The van der Waals surface area contributed by atoms with Crippen molar-refractivity contribution in [1.82, 2.24) is 15.5 Å². The maximum Gasteiger partial charge on any atom is 0.191 e. The van der Waals surface area contributed by atoms with Crippen molar-refractivity contribution in [2.24, 2.45) is 10.9 Å². The number of guanidine groups is 1. The smallest absolute Gasteiger partial charge is 0.191 e. The summed E-state index contributed by atoms with van der Waals surface area (Å²) in [5.74, 6) is 1.87. The molecule has 2 N–H and O–H groups in total. The fourth-order valence-corrected chi connectivity index (χ4v) is 3.64. The Morgan fingerprint density at radius 3 is 2.39 bits per heavy atom. The Morgan fingerprint density at radius 1 is 1.17 bits per heavy atom. The van der Waals surface area contributed by atoms with Crippen LogP contribution in [0.5, 0.6) is 0 Å². The molecular formula is C18H36N4O. The van der Waals surface area contributed by atoms with Gasteiger partial charge in [-0.25, -0.2) is 0 Å². The normalized spacial score (nSPS) is 28.7. The third-order valence-electron chi connectivity index (χ3n) is 5.60. The minimum absolute atomic E-state index is 0.141. The monoisotopic (exact) mass is 324 g/mol. The maximum atomic E-state index is 5.55. The van der Waals surface area contributed by atoms with E-state index in [1.807, 2.05) is 0 Å². The number of hydrogen-bond acceptors (Lipinski definition) is 3. The second-order valence-corrected chi connectivity index (χ2v) is 7.53. The molecule has 0 spiro atoms. The van der Waals surface area contributed by atoms with Gasteiger partial charge in [0.1, 0.15) is 0 Å². The van der Waals surface area contributed by atoms with Crippen molar-refractivity contribution in [2.75, 3.05) is 40.4 Å². The molecule has 0 amide bonds. The summed E-state index contributed by atoms with van der Waals surface area (Å²) in [5.41, 5.74) is 0.141. The maximum absolute atomic E-state index is 5.55. The summed E-state index contributed by atoms with van der Waals surface area (Å²) in [6.07, 6.45) is 7.30. The van der Waals surface area contributed by atoms with E-state index < -0.39 is 0 Å². The van der Waals surface area contributed by atoms with E-state index in [2.05, 4.69) is 43.5 Å². The molecule has 0 atom stereocenters. The van der Waals surface area contributed by atoms with Gasteiger partial charge in [0, 0.05) is 31.3 Å². The molecule has 5 nitrogen and oxygen atoms in total. The van der Waals surface area contributed by atoms with Gasteiger partial charge < -0.3 is 20.3 Å². The van der Waals surface area contributed by atoms with Crippen LogP contribution in [0.2, 0.25) is 0 Å². The molecule has 0 unspecified atom stereocenters. The van der Waals surface area contributed by atoms with Crippen LogP contribution in [0.3, 0.4) is 0 Å². The summed E-state index contributed by atoms with van der Waals surface area (Å²) < 4.78 is 5.55. The lowest BCUT2D eigenvalue weighted by Crippen LogP contribution is -2.52. The number of nitrogens with zero attached hydrogens (tertiary/aromatic N) is 2. The number of aliphatic imine (C=N–C) groups is 1. The Kier molecular flexibility index (Phi) is 7.15. The summed E-state index contributed by atoms with van der Waals surface area (Å²) in [5, 5.41) is 7.09. The van der Waals surface area contributed by atoms with Gasteiger partial charge in [0.15, 0.2) is 5.96 Å². The highest BCUT2D eigenvalue weighted by atomic mass is 16.5. The lowest BCUT2D eigenvalue weighted by Gasteiger charge is -2.41. The van der Waals surface area contributed by atoms with Gasteiger partial charge in [0.2, 0.25) is 0 Å². The zero-order chi connectivity index (χ0) is 16.7. The molecule has 1 aliphatic carbocycles. The van der Waals surface area contributed by atoms with Crippen LogP contribution in [0.1, 0.15) is 52.4 Å². The average Bonchev–Trinajstić information content (AvgIpc) is 2.55. The van der Waals surface area contributed by atoms with Gasteiger partial charge in [-0.05, 0) is 65.5 Å². The molecule has 0 aromatic carbocycles. The van der Waals surface area contributed by atoms with E-state index in [-0.39, 0.29) is 5.54 Å². The Balaban J connectivity index is 1.96. The topological polar surface area (TPSA) is 48.9 Å². The largest absolute Gasteiger partial charge is 0.381 e. The highest BCUT2D eigenvalue weighted by molar-refractivity contribution is 5.80. The highest BCUT2D eigenvalue weighted by Crippen LogP contribution is 2.26. The minimum atomic E-state index is 0.141. The zero-order valence-corrected chi connectivity index (χ0v) is 15.5. The Hall–Kier alpha value is -0.810. The fourth-order valence-electron chi connectivity index (χ4n) is 3.64. The van der Waals surface area contributed by atoms with Crippen LogP contribution in [0.15, 0.2) is 4.99 Å². The molecular weight excluding hydrogens is 288 g/mol. The van der Waals surface area contributed by atoms with Crippen molar-refractivity contribution in [1.29, 1.82) is 0 Å². The SMILES string of the molecule is CCNC(=NCC1(N(C)C)CCOCC1)NC1CCC(C)CC1. The molecule has 0 aromatic rings. The van der Waals surface area contributed by atoms with Crippen molar-refractivity contribution in [3.63, 3.8) is 0 Å². The average molecular weight is 325 g/mol. The van der Waals surface area contributed by atoms with Crippen molar-refractivity contribution in [3.05, 3.63) is 0 Å². The zero-order valence-electron chi connectivity index (χ0n) is 15.5. The fraction of sp³-hybridized carbons (Fsp3) is 0.944. The van der Waals surface area contributed by atoms with E-state index >= 15 is 0 Å². The second kappa shape index (κ2) is 8.88. The van der Waals surface area contributed by atoms with E-state index in [4.69, 9.17) is 9.73 Å². The molecule has 1 heterocycles. The first-order valence-electron chi connectivity index (χ1n) is 9.36. The van der Waals surface area contributed by atoms with Crippen molar-refractivity contribution >= 4 is 5.96 Å². The van der Waals surface area contributed by atoms with Gasteiger partial charge in [0.05, 0.1) is 6.54 Å². The van der Waals surface area contributed by atoms with Crippen molar-refractivity contribution in [3.8, 4) is 0 Å². The first-order chi connectivity index (χ1) is 11.1. The number of ether oxygens (including phenoxy) is 1. The summed E-state index contributed by atoms with van der Waals surface area (Å²) in [4.78, 5) is 7.28. The van der Waals surface area contributed by atoms with Crippen LogP contribution in [0.4, 0.5) is 0 Å². The molecule has 0 bridgehead atoms. The number of rotatable bonds is 5. The van der Waals surface area contributed by atoms with Gasteiger partial charge in [-0.2, -0.15) is 0 Å². The highest BCUT2D eigenvalue weighted by Gasteiger charge is 2.34. The molecule has 5 heteroatoms. The third kappa shape index (κ3) is 5.35. The molecule has 0 aromatic heterocycles. The lowest BCUT2D eigenvalue weighted by atomic mass is 9.87. The summed E-state index contributed by atoms with van der Waals surface area (Å²) in [6.45, 7) is 7.93. The molecule has 134 valence electrons. The van der Waals surface area contributed by atoms with E-state index in [9.17, 15) is 0 Å². The Morgan fingerprint density at radius 2 is 1.83 bits per heavy atom. The first-order valence-corrected chi connectivity index (χ1v) is 9.36. The summed E-state index contributed by atoms with van der Waals surface area (Å²) in [7, 11) is 4.34. The van der Waals surface area contributed by atoms with Gasteiger partial charge in [0.25, 0.3) is 0 Å². The van der Waals surface area contributed by atoms with Gasteiger partial charge >= 0.3 is 0 Å². The molecule has 1 aliphatic heterocycles. The molecule has 1 saturated carbocycles. The Labute approximate surface area is 142 Å². The van der Waals surface area contributed by atoms with E-state index in [1.54, 1.807) is 0 Å². The lowest BCUT2D eigenvalue weighted by molar-refractivity contribution is -0.00255. The molecule has 23 heavy (non-hydrogen) atoms. The number of hydrogen-bond donors (Lipinski definition) is 2. The van der Waals surface area contributed by atoms with Gasteiger partial charge in [-0.15, -0.1) is 0 Å². The molecule has 1 saturated heterocycles. The first kappa shape index (κ1) is 18.5. The molecule has 2 fully saturated rings. The van der Waals surface area contributed by atoms with Gasteiger partial charge in [-0.3, -0.25) is 4.99 Å². The van der Waals surface area contributed by atoms with Crippen LogP contribution in [0, 0.1) is 5.92 Å². The van der Waals surface area contributed by atoms with Crippen LogP contribution in [-0.4, -0.2) is 62.8 Å². The van der Waals surface area contributed by atoms with Crippen LogP contribution < -0.4 is 10.6 Å². The van der Waals surface area contributed by atoms with E-state index in [0.717, 1.165) is 51.0 Å². The molecule has 2 aliphatic rings. The molecule has 2 rings (SSSR count). The predicted molar refractivity (Wildman–Crippen MR) is 97.0 cm³/mol. The van der Waals surface area contributed by atoms with Crippen molar-refractivity contribution in [2.45, 2.75) is 64.0 Å². The minimum Gasteiger partial charge on any atom is -0.381 e. The van der Waals surface area contributed by atoms with Crippen molar-refractivity contribution < 1.29 is 4.74 Å². The van der Waals surface area contributed by atoms with E-state index in [1.165, 1.54) is 25.7 Å². The Bertz CT molecular complexity index is 369. The molecule has 0 radical (unpaired) electrons. The number of likely N-dealkylation sites (N-methyl/N-ethyl adjacent to an activating group) is 1. The van der Waals surface area contributed by atoms with Crippen LogP contribution in [0.25, 0.3) is 0 Å². The summed E-state index contributed by atoms with van der Waals surface area (Å²) in [6, 6.07) is 0.578. The quantitative estimate of drug-likeness (QED) is 0.601.